The van der Waals surface area contributed by atoms with Crippen molar-refractivity contribution < 1.29 is 19.1 Å². The van der Waals surface area contributed by atoms with Crippen molar-refractivity contribution in [3.05, 3.63) is 65.7 Å². The lowest BCUT2D eigenvalue weighted by Gasteiger charge is -2.05. The van der Waals surface area contributed by atoms with Crippen LogP contribution in [0.15, 0.2) is 54.6 Å². The molecule has 0 saturated carbocycles. The van der Waals surface area contributed by atoms with Gasteiger partial charge in [-0.05, 0) is 42.8 Å². The van der Waals surface area contributed by atoms with Gasteiger partial charge >= 0.3 is 5.97 Å². The highest BCUT2D eigenvalue weighted by atomic mass is 16.5. The van der Waals surface area contributed by atoms with Gasteiger partial charge in [0.15, 0.2) is 6.61 Å². The molecule has 0 atom stereocenters. The number of benzene rings is 2. The van der Waals surface area contributed by atoms with E-state index in [1.165, 1.54) is 6.08 Å². The number of anilines is 1. The first-order valence-electron chi connectivity index (χ1n) is 7.42. The fraction of sp³-hybridized carbons (Fsp3) is 0.158. The van der Waals surface area contributed by atoms with Gasteiger partial charge in [0.1, 0.15) is 5.75 Å². The fourth-order valence-corrected chi connectivity index (χ4v) is 1.90. The average Bonchev–Trinajstić information content (AvgIpc) is 2.60. The van der Waals surface area contributed by atoms with E-state index in [1.807, 2.05) is 31.2 Å². The van der Waals surface area contributed by atoms with Gasteiger partial charge in [-0.2, -0.15) is 0 Å². The summed E-state index contributed by atoms with van der Waals surface area (Å²) in [5.41, 5.74) is 2.59. The summed E-state index contributed by atoms with van der Waals surface area (Å²) in [6, 6.07) is 14.6. The van der Waals surface area contributed by atoms with Crippen LogP contribution in [0.3, 0.4) is 0 Å². The van der Waals surface area contributed by atoms with E-state index >= 15 is 0 Å². The summed E-state index contributed by atoms with van der Waals surface area (Å²) in [4.78, 5) is 23.3. The normalized spacial score (nSPS) is 10.4. The fourth-order valence-electron chi connectivity index (χ4n) is 1.90. The number of methoxy groups -OCH3 is 1. The van der Waals surface area contributed by atoms with Gasteiger partial charge in [-0.15, -0.1) is 0 Å². The van der Waals surface area contributed by atoms with Crippen LogP contribution >= 0.6 is 0 Å². The zero-order chi connectivity index (χ0) is 17.4. The van der Waals surface area contributed by atoms with Gasteiger partial charge in [0.2, 0.25) is 0 Å². The molecule has 2 aromatic rings. The van der Waals surface area contributed by atoms with E-state index in [-0.39, 0.29) is 12.5 Å². The van der Waals surface area contributed by atoms with Crippen LogP contribution in [-0.2, 0) is 14.3 Å². The van der Waals surface area contributed by atoms with Gasteiger partial charge in [0.25, 0.3) is 5.91 Å². The minimum absolute atomic E-state index is 0.334. The molecule has 0 radical (unpaired) electrons. The van der Waals surface area contributed by atoms with Crippen molar-refractivity contribution >= 4 is 23.6 Å². The molecule has 0 aromatic heterocycles. The molecule has 0 spiro atoms. The van der Waals surface area contributed by atoms with Crippen LogP contribution in [0.5, 0.6) is 5.75 Å². The van der Waals surface area contributed by atoms with E-state index in [2.05, 4.69) is 5.32 Å². The average molecular weight is 325 g/mol. The Balaban J connectivity index is 1.78. The molecule has 2 aromatic carbocycles. The van der Waals surface area contributed by atoms with Crippen LogP contribution in [0.1, 0.15) is 11.1 Å². The molecule has 0 aliphatic carbocycles. The second-order valence-corrected chi connectivity index (χ2v) is 5.13. The monoisotopic (exact) mass is 325 g/mol. The van der Waals surface area contributed by atoms with Crippen LogP contribution in [-0.4, -0.2) is 25.6 Å². The number of aryl methyl sites for hydroxylation is 1. The Kier molecular flexibility index (Phi) is 6.14. The standard InChI is InChI=1S/C19H19NO4/c1-14-3-8-16(9-4-14)20-18(21)13-24-19(22)12-7-15-5-10-17(23-2)11-6-15/h3-12H,13H2,1-2H3,(H,20,21). The first-order valence-corrected chi connectivity index (χ1v) is 7.42. The van der Waals surface area contributed by atoms with Crippen molar-refractivity contribution in [3.63, 3.8) is 0 Å². The third kappa shape index (κ3) is 5.61. The lowest BCUT2D eigenvalue weighted by molar-refractivity contribution is -0.142. The van der Waals surface area contributed by atoms with Crippen molar-refractivity contribution in [3.8, 4) is 5.75 Å². The van der Waals surface area contributed by atoms with Gasteiger partial charge in [0, 0.05) is 11.8 Å². The molecule has 1 amide bonds. The highest BCUT2D eigenvalue weighted by Gasteiger charge is 2.05. The van der Waals surface area contributed by atoms with Gasteiger partial charge in [-0.3, -0.25) is 4.79 Å². The molecule has 0 bridgehead atoms. The molecule has 0 aliphatic heterocycles. The number of carbonyl (C=O) groups excluding carboxylic acids is 2. The van der Waals surface area contributed by atoms with Crippen LogP contribution in [0.2, 0.25) is 0 Å². The second-order valence-electron chi connectivity index (χ2n) is 5.13. The van der Waals surface area contributed by atoms with E-state index in [4.69, 9.17) is 9.47 Å². The summed E-state index contributed by atoms with van der Waals surface area (Å²) in [6.45, 7) is 1.63. The predicted octanol–water partition coefficient (Wildman–Crippen LogP) is 3.20. The maximum Gasteiger partial charge on any atom is 0.331 e. The highest BCUT2D eigenvalue weighted by Crippen LogP contribution is 2.12. The van der Waals surface area contributed by atoms with Crippen molar-refractivity contribution in [2.45, 2.75) is 6.92 Å². The molecule has 124 valence electrons. The van der Waals surface area contributed by atoms with Gasteiger partial charge in [-0.25, -0.2) is 4.79 Å². The number of nitrogens with one attached hydrogen (secondary N) is 1. The molecule has 5 heteroatoms. The summed E-state index contributed by atoms with van der Waals surface area (Å²) in [5.74, 6) is -0.225. The first-order chi connectivity index (χ1) is 11.6. The Morgan fingerprint density at radius 1 is 1.04 bits per heavy atom. The number of amides is 1. The summed E-state index contributed by atoms with van der Waals surface area (Å²) in [6.07, 6.45) is 2.89. The lowest BCUT2D eigenvalue weighted by atomic mass is 10.2. The Morgan fingerprint density at radius 2 is 1.71 bits per heavy atom. The van der Waals surface area contributed by atoms with Gasteiger partial charge in [-0.1, -0.05) is 29.8 Å². The van der Waals surface area contributed by atoms with E-state index in [0.717, 1.165) is 16.9 Å². The summed E-state index contributed by atoms with van der Waals surface area (Å²) in [5, 5.41) is 2.66. The number of ether oxygens (including phenoxy) is 2. The molecule has 0 unspecified atom stereocenters. The van der Waals surface area contributed by atoms with Crippen molar-refractivity contribution in [1.82, 2.24) is 0 Å². The minimum atomic E-state index is -0.579. The van der Waals surface area contributed by atoms with Crippen LogP contribution in [0.4, 0.5) is 5.69 Å². The van der Waals surface area contributed by atoms with E-state index in [9.17, 15) is 9.59 Å². The number of esters is 1. The molecule has 0 saturated heterocycles. The van der Waals surface area contributed by atoms with Gasteiger partial charge < -0.3 is 14.8 Å². The minimum Gasteiger partial charge on any atom is -0.497 e. The lowest BCUT2D eigenvalue weighted by Crippen LogP contribution is -2.20. The zero-order valence-electron chi connectivity index (χ0n) is 13.6. The molecule has 24 heavy (non-hydrogen) atoms. The SMILES string of the molecule is COc1ccc(C=CC(=O)OCC(=O)Nc2ccc(C)cc2)cc1. The largest absolute Gasteiger partial charge is 0.497 e. The first kappa shape index (κ1) is 17.3. The third-order valence-electron chi connectivity index (χ3n) is 3.21. The third-order valence-corrected chi connectivity index (χ3v) is 3.21. The van der Waals surface area contributed by atoms with E-state index in [1.54, 1.807) is 37.5 Å². The molecular weight excluding hydrogens is 306 g/mol. The molecule has 5 nitrogen and oxygen atoms in total. The second kappa shape index (κ2) is 8.53. The number of hydrogen-bond donors (Lipinski definition) is 1. The number of carbonyl (C=O) groups is 2. The van der Waals surface area contributed by atoms with Gasteiger partial charge in [0.05, 0.1) is 7.11 Å². The van der Waals surface area contributed by atoms with Crippen LogP contribution in [0.25, 0.3) is 6.08 Å². The molecule has 2 rings (SSSR count). The molecular formula is C19H19NO4. The smallest absolute Gasteiger partial charge is 0.331 e. The molecule has 0 heterocycles. The number of rotatable bonds is 6. The maximum absolute atomic E-state index is 11.7. The predicted molar refractivity (Wildman–Crippen MR) is 92.8 cm³/mol. The Bertz CT molecular complexity index is 718. The Morgan fingerprint density at radius 3 is 2.33 bits per heavy atom. The summed E-state index contributed by atoms with van der Waals surface area (Å²) in [7, 11) is 1.59. The molecule has 1 N–H and O–H groups in total. The van der Waals surface area contributed by atoms with Crippen molar-refractivity contribution in [2.75, 3.05) is 19.0 Å². The van der Waals surface area contributed by atoms with Crippen molar-refractivity contribution in [2.24, 2.45) is 0 Å². The highest BCUT2D eigenvalue weighted by molar-refractivity contribution is 5.94. The summed E-state index contributed by atoms with van der Waals surface area (Å²) < 4.78 is 9.96. The topological polar surface area (TPSA) is 64.6 Å². The number of hydrogen-bond acceptors (Lipinski definition) is 4. The maximum atomic E-state index is 11.7. The van der Waals surface area contributed by atoms with Crippen LogP contribution < -0.4 is 10.1 Å². The van der Waals surface area contributed by atoms with Crippen molar-refractivity contribution in [1.29, 1.82) is 0 Å². The Labute approximate surface area is 140 Å². The van der Waals surface area contributed by atoms with E-state index < -0.39 is 5.97 Å². The zero-order valence-corrected chi connectivity index (χ0v) is 13.6. The quantitative estimate of drug-likeness (QED) is 0.654. The molecule has 0 fully saturated rings. The van der Waals surface area contributed by atoms with E-state index in [0.29, 0.717) is 5.69 Å². The van der Waals surface area contributed by atoms with Crippen LogP contribution in [0, 0.1) is 6.92 Å². The Hall–Kier alpha value is -3.08. The molecule has 0 aliphatic rings. The summed E-state index contributed by atoms with van der Waals surface area (Å²) >= 11 is 0.